The van der Waals surface area contributed by atoms with E-state index in [2.05, 4.69) is 4.98 Å². The van der Waals surface area contributed by atoms with Gasteiger partial charge in [0.05, 0.1) is 7.11 Å². The predicted molar refractivity (Wildman–Crippen MR) is 89.2 cm³/mol. The van der Waals surface area contributed by atoms with Crippen LogP contribution in [0.1, 0.15) is 29.7 Å². The van der Waals surface area contributed by atoms with E-state index in [-0.39, 0.29) is 5.69 Å². The summed E-state index contributed by atoms with van der Waals surface area (Å²) in [6.45, 7) is 0.680. The average molecular weight is 316 g/mol. The molecule has 3 rings (SSSR count). The number of hydrogen-bond donors (Lipinski definition) is 1. The van der Waals surface area contributed by atoms with E-state index >= 15 is 0 Å². The Bertz CT molecular complexity index is 775. The Balaban J connectivity index is 1.85. The lowest BCUT2D eigenvalue weighted by molar-refractivity contribution is 0.414. The highest BCUT2D eigenvalue weighted by molar-refractivity contribution is 7.71. The standard InChI is InChI=1S/C17H20N2O2S/c1-21-13-8-6-12(7-9-13)10-11-19-15-5-3-2-4-14(15)16(22)18-17(19)20/h6-9H,2-5,10-11H2,1H3,(H,18,20,22). The third-order valence-electron chi connectivity index (χ3n) is 4.29. The summed E-state index contributed by atoms with van der Waals surface area (Å²) in [6.07, 6.45) is 5.04. The monoisotopic (exact) mass is 316 g/mol. The lowest BCUT2D eigenvalue weighted by Crippen LogP contribution is -2.30. The molecule has 1 aromatic heterocycles. The molecule has 0 radical (unpaired) electrons. The van der Waals surface area contributed by atoms with E-state index in [0.29, 0.717) is 11.2 Å². The van der Waals surface area contributed by atoms with E-state index in [1.54, 1.807) is 7.11 Å². The molecule has 0 fully saturated rings. The zero-order chi connectivity index (χ0) is 15.5. The van der Waals surface area contributed by atoms with Crippen molar-refractivity contribution >= 4 is 12.2 Å². The van der Waals surface area contributed by atoms with Gasteiger partial charge in [0.15, 0.2) is 0 Å². The van der Waals surface area contributed by atoms with Crippen LogP contribution in [0.3, 0.4) is 0 Å². The Morgan fingerprint density at radius 1 is 1.23 bits per heavy atom. The van der Waals surface area contributed by atoms with Gasteiger partial charge in [-0.25, -0.2) is 4.79 Å². The van der Waals surface area contributed by atoms with Crippen molar-refractivity contribution in [2.75, 3.05) is 7.11 Å². The minimum absolute atomic E-state index is 0.0841. The van der Waals surface area contributed by atoms with Crippen LogP contribution in [-0.2, 0) is 25.8 Å². The van der Waals surface area contributed by atoms with E-state index in [9.17, 15) is 4.79 Å². The highest BCUT2D eigenvalue weighted by Crippen LogP contribution is 2.20. The zero-order valence-electron chi connectivity index (χ0n) is 12.7. The van der Waals surface area contributed by atoms with Gasteiger partial charge < -0.3 is 4.74 Å². The Hall–Kier alpha value is -1.88. The van der Waals surface area contributed by atoms with Gasteiger partial charge in [-0.15, -0.1) is 0 Å². The van der Waals surface area contributed by atoms with E-state index in [1.807, 2.05) is 28.8 Å². The molecule has 0 unspecified atom stereocenters. The van der Waals surface area contributed by atoms with Gasteiger partial charge in [-0.3, -0.25) is 9.55 Å². The van der Waals surface area contributed by atoms with Crippen molar-refractivity contribution in [2.24, 2.45) is 0 Å². The molecule has 116 valence electrons. The van der Waals surface area contributed by atoms with E-state index < -0.39 is 0 Å². The summed E-state index contributed by atoms with van der Waals surface area (Å²) < 4.78 is 7.66. The molecular weight excluding hydrogens is 296 g/mol. The molecule has 0 spiro atoms. The maximum absolute atomic E-state index is 12.3. The Kier molecular flexibility index (Phi) is 4.43. The highest BCUT2D eigenvalue weighted by Gasteiger charge is 2.16. The molecule has 1 aliphatic rings. The summed E-state index contributed by atoms with van der Waals surface area (Å²) in [5.74, 6) is 0.849. The first-order chi connectivity index (χ1) is 10.7. The summed E-state index contributed by atoms with van der Waals surface area (Å²) in [5.41, 5.74) is 3.41. The smallest absolute Gasteiger partial charge is 0.326 e. The van der Waals surface area contributed by atoms with Crippen LogP contribution in [0.5, 0.6) is 5.75 Å². The van der Waals surface area contributed by atoms with Crippen LogP contribution in [0.15, 0.2) is 29.1 Å². The Labute approximate surface area is 134 Å². The molecule has 22 heavy (non-hydrogen) atoms. The molecule has 0 atom stereocenters. The molecule has 1 aliphatic carbocycles. The average Bonchev–Trinajstić information content (AvgIpc) is 2.55. The van der Waals surface area contributed by atoms with Crippen LogP contribution in [0.25, 0.3) is 0 Å². The van der Waals surface area contributed by atoms with Gasteiger partial charge in [0.25, 0.3) is 0 Å². The van der Waals surface area contributed by atoms with E-state index in [0.717, 1.165) is 49.1 Å². The van der Waals surface area contributed by atoms with Gasteiger partial charge in [-0.05, 0) is 49.8 Å². The zero-order valence-corrected chi connectivity index (χ0v) is 13.5. The molecule has 0 bridgehead atoms. The molecule has 1 heterocycles. The number of aryl methyl sites for hydroxylation is 1. The molecule has 2 aromatic rings. The summed E-state index contributed by atoms with van der Waals surface area (Å²) >= 11 is 5.31. The number of rotatable bonds is 4. The highest BCUT2D eigenvalue weighted by atomic mass is 32.1. The first-order valence-electron chi connectivity index (χ1n) is 7.67. The molecule has 4 nitrogen and oxygen atoms in total. The molecule has 0 aliphatic heterocycles. The summed E-state index contributed by atoms with van der Waals surface area (Å²) in [6, 6.07) is 7.99. The molecule has 0 amide bonds. The van der Waals surface area contributed by atoms with Gasteiger partial charge in [-0.2, -0.15) is 0 Å². The van der Waals surface area contributed by atoms with Crippen molar-refractivity contribution in [3.8, 4) is 5.75 Å². The number of ether oxygens (including phenoxy) is 1. The van der Waals surface area contributed by atoms with Crippen LogP contribution in [0.4, 0.5) is 0 Å². The van der Waals surface area contributed by atoms with Crippen molar-refractivity contribution in [3.63, 3.8) is 0 Å². The number of methoxy groups -OCH3 is 1. The van der Waals surface area contributed by atoms with Crippen molar-refractivity contribution < 1.29 is 4.74 Å². The van der Waals surface area contributed by atoms with Gasteiger partial charge >= 0.3 is 5.69 Å². The lowest BCUT2D eigenvalue weighted by Gasteiger charge is -2.20. The van der Waals surface area contributed by atoms with Crippen molar-refractivity contribution in [3.05, 3.63) is 56.2 Å². The second-order valence-electron chi connectivity index (χ2n) is 5.64. The second-order valence-corrected chi connectivity index (χ2v) is 6.05. The topological polar surface area (TPSA) is 47.0 Å². The molecule has 0 saturated carbocycles. The van der Waals surface area contributed by atoms with E-state index in [1.165, 1.54) is 5.56 Å². The summed E-state index contributed by atoms with van der Waals surface area (Å²) in [5, 5.41) is 0. The number of nitrogens with one attached hydrogen (secondary N) is 1. The van der Waals surface area contributed by atoms with Crippen molar-refractivity contribution in [1.82, 2.24) is 9.55 Å². The third kappa shape index (κ3) is 2.99. The van der Waals surface area contributed by atoms with Crippen molar-refractivity contribution in [2.45, 2.75) is 38.6 Å². The normalized spacial score (nSPS) is 13.7. The Morgan fingerprint density at radius 2 is 1.95 bits per heavy atom. The van der Waals surface area contributed by atoms with Gasteiger partial charge in [0, 0.05) is 17.8 Å². The molecule has 1 N–H and O–H groups in total. The van der Waals surface area contributed by atoms with Gasteiger partial charge in [0.2, 0.25) is 0 Å². The van der Waals surface area contributed by atoms with Crippen LogP contribution < -0.4 is 10.4 Å². The quantitative estimate of drug-likeness (QED) is 0.882. The maximum atomic E-state index is 12.3. The fourth-order valence-electron chi connectivity index (χ4n) is 3.06. The molecule has 1 aromatic carbocycles. The number of hydrogen-bond acceptors (Lipinski definition) is 3. The lowest BCUT2D eigenvalue weighted by atomic mass is 9.97. The number of aromatic nitrogens is 2. The fourth-order valence-corrected chi connectivity index (χ4v) is 3.37. The first kappa shape index (κ1) is 15.0. The number of aromatic amines is 1. The SMILES string of the molecule is COc1ccc(CCn2c3c(c(=S)[nH]c2=O)CCCC3)cc1. The van der Waals surface area contributed by atoms with E-state index in [4.69, 9.17) is 17.0 Å². The molecular formula is C17H20N2O2S. The third-order valence-corrected chi connectivity index (χ3v) is 4.64. The number of H-pyrrole nitrogens is 1. The predicted octanol–water partition coefficient (Wildman–Crippen LogP) is 3.04. The van der Waals surface area contributed by atoms with Gasteiger partial charge in [0.1, 0.15) is 10.4 Å². The molecule has 0 saturated heterocycles. The molecule has 5 heteroatoms. The van der Waals surface area contributed by atoms with Crippen LogP contribution in [0, 0.1) is 4.64 Å². The largest absolute Gasteiger partial charge is 0.497 e. The minimum atomic E-state index is -0.0841. The first-order valence-corrected chi connectivity index (χ1v) is 8.07. The number of nitrogens with zero attached hydrogens (tertiary/aromatic N) is 1. The van der Waals surface area contributed by atoms with Crippen molar-refractivity contribution in [1.29, 1.82) is 0 Å². The van der Waals surface area contributed by atoms with Crippen LogP contribution in [-0.4, -0.2) is 16.7 Å². The van der Waals surface area contributed by atoms with Crippen LogP contribution in [0.2, 0.25) is 0 Å². The number of fused-ring (bicyclic) bond motifs is 1. The second kappa shape index (κ2) is 6.48. The van der Waals surface area contributed by atoms with Crippen LogP contribution >= 0.6 is 12.2 Å². The Morgan fingerprint density at radius 3 is 2.68 bits per heavy atom. The summed E-state index contributed by atoms with van der Waals surface area (Å²) in [7, 11) is 1.66. The van der Waals surface area contributed by atoms with Gasteiger partial charge in [-0.1, -0.05) is 24.4 Å². The summed E-state index contributed by atoms with van der Waals surface area (Å²) in [4.78, 5) is 15.1. The number of benzene rings is 1. The fraction of sp³-hybridized carbons (Fsp3) is 0.412. The maximum Gasteiger partial charge on any atom is 0.326 e. The minimum Gasteiger partial charge on any atom is -0.497 e.